The summed E-state index contributed by atoms with van der Waals surface area (Å²) in [6.07, 6.45) is 4.57. The van der Waals surface area contributed by atoms with Crippen LogP contribution in [-0.4, -0.2) is 30.5 Å². The van der Waals surface area contributed by atoms with Crippen LogP contribution in [0.2, 0.25) is 0 Å². The molecule has 21 heavy (non-hydrogen) atoms. The van der Waals surface area contributed by atoms with E-state index >= 15 is 0 Å². The highest BCUT2D eigenvalue weighted by Gasteiger charge is 2.23. The Morgan fingerprint density at radius 3 is 2.62 bits per heavy atom. The van der Waals surface area contributed by atoms with E-state index in [4.69, 9.17) is 0 Å². The summed E-state index contributed by atoms with van der Waals surface area (Å²) in [4.78, 5) is 18.7. The maximum absolute atomic E-state index is 12.8. The zero-order valence-corrected chi connectivity index (χ0v) is 11.9. The average molecular weight is 281 g/mol. The summed E-state index contributed by atoms with van der Waals surface area (Å²) >= 11 is 0. The fraction of sp³-hybridized carbons (Fsp3) is 0.294. The first kappa shape index (κ1) is 13.8. The maximum atomic E-state index is 12.8. The molecule has 0 bridgehead atoms. The Morgan fingerprint density at radius 1 is 1.19 bits per heavy atom. The van der Waals surface area contributed by atoms with E-state index in [1.165, 1.54) is 0 Å². The van der Waals surface area contributed by atoms with E-state index in [0.717, 1.165) is 37.3 Å². The fourth-order valence-electron chi connectivity index (χ4n) is 2.69. The molecule has 1 saturated heterocycles. The minimum atomic E-state index is 0.0497. The van der Waals surface area contributed by atoms with Crippen molar-refractivity contribution in [2.75, 3.05) is 24.5 Å². The Hall–Kier alpha value is -2.20. The molecular formula is C17H19N3O. The van der Waals surface area contributed by atoms with Crippen LogP contribution in [0.15, 0.2) is 54.9 Å². The minimum Gasteiger partial charge on any atom is -0.316 e. The lowest BCUT2D eigenvalue weighted by Gasteiger charge is -2.25. The molecule has 1 N–H and O–H groups in total. The lowest BCUT2D eigenvalue weighted by molar-refractivity contribution is 0.0983. The van der Waals surface area contributed by atoms with E-state index in [1.807, 2.05) is 47.4 Å². The Kier molecular flexibility index (Phi) is 4.26. The number of amides is 1. The van der Waals surface area contributed by atoms with Crippen molar-refractivity contribution in [1.29, 1.82) is 0 Å². The third-order valence-corrected chi connectivity index (χ3v) is 3.84. The Balaban J connectivity index is 1.86. The molecule has 0 unspecified atom stereocenters. The van der Waals surface area contributed by atoms with Crippen molar-refractivity contribution in [3.05, 3.63) is 60.4 Å². The summed E-state index contributed by atoms with van der Waals surface area (Å²) in [5, 5.41) is 3.36. The van der Waals surface area contributed by atoms with Gasteiger partial charge in [-0.25, -0.2) is 0 Å². The SMILES string of the molecule is O=C(c1ccccc1)N(C[C@H]1CCNC1)c1ccncc1. The van der Waals surface area contributed by atoms with Gasteiger partial charge in [0.25, 0.3) is 5.91 Å². The van der Waals surface area contributed by atoms with Gasteiger partial charge in [-0.15, -0.1) is 0 Å². The number of pyridine rings is 1. The monoisotopic (exact) mass is 281 g/mol. The first-order valence-electron chi connectivity index (χ1n) is 7.32. The number of benzene rings is 1. The van der Waals surface area contributed by atoms with Gasteiger partial charge < -0.3 is 10.2 Å². The molecule has 3 rings (SSSR count). The van der Waals surface area contributed by atoms with Gasteiger partial charge in [-0.3, -0.25) is 9.78 Å². The van der Waals surface area contributed by atoms with Crippen molar-refractivity contribution in [3.8, 4) is 0 Å². The number of carbonyl (C=O) groups excluding carboxylic acids is 1. The summed E-state index contributed by atoms with van der Waals surface area (Å²) in [6.45, 7) is 2.75. The number of rotatable bonds is 4. The van der Waals surface area contributed by atoms with E-state index in [1.54, 1.807) is 12.4 Å². The predicted octanol–water partition coefficient (Wildman–Crippen LogP) is 2.34. The normalized spacial score (nSPS) is 17.6. The zero-order valence-electron chi connectivity index (χ0n) is 11.9. The van der Waals surface area contributed by atoms with Crippen molar-refractivity contribution in [1.82, 2.24) is 10.3 Å². The van der Waals surface area contributed by atoms with Gasteiger partial charge in [-0.2, -0.15) is 0 Å². The van der Waals surface area contributed by atoms with Gasteiger partial charge in [0.15, 0.2) is 0 Å². The van der Waals surface area contributed by atoms with E-state index in [-0.39, 0.29) is 5.91 Å². The molecule has 4 nitrogen and oxygen atoms in total. The van der Waals surface area contributed by atoms with Gasteiger partial charge in [0, 0.05) is 30.2 Å². The number of hydrogen-bond donors (Lipinski definition) is 1. The Bertz CT molecular complexity index is 579. The second-order valence-corrected chi connectivity index (χ2v) is 5.35. The van der Waals surface area contributed by atoms with Crippen LogP contribution >= 0.6 is 0 Å². The summed E-state index contributed by atoms with van der Waals surface area (Å²) in [5.41, 5.74) is 1.63. The Labute approximate surface area is 124 Å². The predicted molar refractivity (Wildman–Crippen MR) is 83.3 cm³/mol. The van der Waals surface area contributed by atoms with E-state index in [9.17, 15) is 4.79 Å². The van der Waals surface area contributed by atoms with Crippen LogP contribution in [0.5, 0.6) is 0 Å². The molecule has 0 spiro atoms. The lowest BCUT2D eigenvalue weighted by atomic mass is 10.1. The maximum Gasteiger partial charge on any atom is 0.258 e. The van der Waals surface area contributed by atoms with Gasteiger partial charge in [0.1, 0.15) is 0 Å². The van der Waals surface area contributed by atoms with Crippen LogP contribution in [0.1, 0.15) is 16.8 Å². The average Bonchev–Trinajstić information content (AvgIpc) is 3.07. The van der Waals surface area contributed by atoms with E-state index in [0.29, 0.717) is 5.92 Å². The van der Waals surface area contributed by atoms with E-state index in [2.05, 4.69) is 10.3 Å². The largest absolute Gasteiger partial charge is 0.316 e. The van der Waals surface area contributed by atoms with Gasteiger partial charge in [-0.05, 0) is 49.7 Å². The lowest BCUT2D eigenvalue weighted by Crippen LogP contribution is -2.36. The van der Waals surface area contributed by atoms with Crippen molar-refractivity contribution < 1.29 is 4.79 Å². The van der Waals surface area contributed by atoms with Crippen molar-refractivity contribution in [2.24, 2.45) is 5.92 Å². The third kappa shape index (κ3) is 3.28. The van der Waals surface area contributed by atoms with Gasteiger partial charge >= 0.3 is 0 Å². The molecule has 1 fully saturated rings. The molecule has 0 aliphatic carbocycles. The quantitative estimate of drug-likeness (QED) is 0.935. The molecule has 1 aromatic carbocycles. The van der Waals surface area contributed by atoms with Crippen LogP contribution in [0, 0.1) is 5.92 Å². The molecule has 108 valence electrons. The second kappa shape index (κ2) is 6.50. The molecule has 0 saturated carbocycles. The summed E-state index contributed by atoms with van der Waals surface area (Å²) in [7, 11) is 0. The standard InChI is InChI=1S/C17H19N3O/c21-17(15-4-2-1-3-5-15)20(13-14-6-9-19-12-14)16-7-10-18-11-8-16/h1-5,7-8,10-11,14,19H,6,9,12-13H2/t14-/m0/s1. The number of nitrogens with one attached hydrogen (secondary N) is 1. The summed E-state index contributed by atoms with van der Waals surface area (Å²) in [5.74, 6) is 0.555. The molecule has 2 aromatic rings. The van der Waals surface area contributed by atoms with Crippen molar-refractivity contribution in [2.45, 2.75) is 6.42 Å². The topological polar surface area (TPSA) is 45.2 Å². The molecule has 1 aromatic heterocycles. The number of carbonyl (C=O) groups is 1. The van der Waals surface area contributed by atoms with Crippen LogP contribution in [0.3, 0.4) is 0 Å². The molecule has 2 heterocycles. The minimum absolute atomic E-state index is 0.0497. The molecule has 4 heteroatoms. The van der Waals surface area contributed by atoms with Gasteiger partial charge in [0.2, 0.25) is 0 Å². The third-order valence-electron chi connectivity index (χ3n) is 3.84. The highest BCUT2D eigenvalue weighted by Crippen LogP contribution is 2.20. The molecule has 1 aliphatic heterocycles. The molecule has 0 radical (unpaired) electrons. The molecular weight excluding hydrogens is 262 g/mol. The number of nitrogens with zero attached hydrogens (tertiary/aromatic N) is 2. The molecule has 1 aliphatic rings. The van der Waals surface area contributed by atoms with Crippen LogP contribution in [0.4, 0.5) is 5.69 Å². The van der Waals surface area contributed by atoms with Crippen LogP contribution < -0.4 is 10.2 Å². The van der Waals surface area contributed by atoms with Crippen LogP contribution in [-0.2, 0) is 0 Å². The summed E-state index contributed by atoms with van der Waals surface area (Å²) < 4.78 is 0. The fourth-order valence-corrected chi connectivity index (χ4v) is 2.69. The first-order valence-corrected chi connectivity index (χ1v) is 7.32. The smallest absolute Gasteiger partial charge is 0.258 e. The number of anilines is 1. The van der Waals surface area contributed by atoms with Crippen molar-refractivity contribution >= 4 is 11.6 Å². The van der Waals surface area contributed by atoms with E-state index < -0.39 is 0 Å². The van der Waals surface area contributed by atoms with Gasteiger partial charge in [-0.1, -0.05) is 18.2 Å². The molecule has 1 atom stereocenters. The van der Waals surface area contributed by atoms with Crippen LogP contribution in [0.25, 0.3) is 0 Å². The second-order valence-electron chi connectivity index (χ2n) is 5.35. The molecule has 1 amide bonds. The first-order chi connectivity index (χ1) is 10.3. The Morgan fingerprint density at radius 2 is 1.95 bits per heavy atom. The number of aromatic nitrogens is 1. The highest BCUT2D eigenvalue weighted by molar-refractivity contribution is 6.06. The zero-order chi connectivity index (χ0) is 14.5. The summed E-state index contributed by atoms with van der Waals surface area (Å²) in [6, 6.07) is 13.2. The van der Waals surface area contributed by atoms with Crippen molar-refractivity contribution in [3.63, 3.8) is 0 Å². The van der Waals surface area contributed by atoms with Gasteiger partial charge in [0.05, 0.1) is 0 Å². The number of hydrogen-bond acceptors (Lipinski definition) is 3. The highest BCUT2D eigenvalue weighted by atomic mass is 16.2.